The summed E-state index contributed by atoms with van der Waals surface area (Å²) in [6.07, 6.45) is 0.296. The highest BCUT2D eigenvalue weighted by molar-refractivity contribution is 5.99. The Morgan fingerprint density at radius 1 is 0.906 bits per heavy atom. The van der Waals surface area contributed by atoms with Gasteiger partial charge in [0.15, 0.2) is 0 Å². The second-order valence-corrected chi connectivity index (χ2v) is 8.52. The number of carbonyl (C=O) groups excluding carboxylic acids is 1. The Morgan fingerprint density at radius 2 is 1.47 bits per heavy atom. The number of alkyl halides is 3. The van der Waals surface area contributed by atoms with Crippen molar-refractivity contribution in [2.45, 2.75) is 77.0 Å². The van der Waals surface area contributed by atoms with Crippen LogP contribution in [0, 0.1) is 0 Å². The second kappa shape index (κ2) is 9.04. The maximum absolute atomic E-state index is 12.7. The van der Waals surface area contributed by atoms with E-state index >= 15 is 0 Å². The van der Waals surface area contributed by atoms with Crippen LogP contribution in [0.4, 0.5) is 29.3 Å². The maximum Gasteiger partial charge on any atom is 0.416 e. The fourth-order valence-electron chi connectivity index (χ4n) is 4.65. The molecule has 3 rings (SSSR count). The third-order valence-corrected chi connectivity index (χ3v) is 6.91. The molecular formula is C25H31F3N2O2. The number of anilines is 2. The van der Waals surface area contributed by atoms with Gasteiger partial charge in [-0.1, -0.05) is 27.7 Å². The normalized spacial score (nSPS) is 16.6. The summed E-state index contributed by atoms with van der Waals surface area (Å²) in [5, 5.41) is 5.37. The minimum Gasteiger partial charge on any atom is -0.487 e. The number of benzene rings is 2. The van der Waals surface area contributed by atoms with E-state index in [2.05, 4.69) is 38.3 Å². The average molecular weight is 449 g/mol. The lowest BCUT2D eigenvalue weighted by Gasteiger charge is -2.48. The van der Waals surface area contributed by atoms with Crippen LogP contribution in [0.5, 0.6) is 5.75 Å². The van der Waals surface area contributed by atoms with Crippen molar-refractivity contribution in [3.8, 4) is 5.75 Å². The molecule has 7 heteroatoms. The molecule has 1 heterocycles. The van der Waals surface area contributed by atoms with Crippen LogP contribution < -0.4 is 15.4 Å². The predicted molar refractivity (Wildman–Crippen MR) is 121 cm³/mol. The Kier molecular flexibility index (Phi) is 6.77. The summed E-state index contributed by atoms with van der Waals surface area (Å²) in [7, 11) is 0. The van der Waals surface area contributed by atoms with Gasteiger partial charge in [-0.25, -0.2) is 4.79 Å². The zero-order chi connectivity index (χ0) is 23.6. The fraction of sp³-hybridized carbons (Fsp3) is 0.480. The molecule has 1 aliphatic heterocycles. The summed E-state index contributed by atoms with van der Waals surface area (Å²) >= 11 is 0. The third-order valence-electron chi connectivity index (χ3n) is 6.91. The Hall–Kier alpha value is -2.70. The van der Waals surface area contributed by atoms with Gasteiger partial charge in [0.05, 0.1) is 5.56 Å². The molecule has 0 aromatic heterocycles. The van der Waals surface area contributed by atoms with Crippen LogP contribution >= 0.6 is 0 Å². The number of urea groups is 1. The van der Waals surface area contributed by atoms with Gasteiger partial charge in [-0.2, -0.15) is 13.2 Å². The van der Waals surface area contributed by atoms with Crippen LogP contribution in [0.25, 0.3) is 0 Å². The molecule has 0 unspecified atom stereocenters. The van der Waals surface area contributed by atoms with Crippen molar-refractivity contribution in [2.24, 2.45) is 0 Å². The minimum absolute atomic E-state index is 0.0405. The molecule has 4 nitrogen and oxygen atoms in total. The number of hydrogen-bond donors (Lipinski definition) is 2. The molecule has 0 saturated heterocycles. The molecule has 0 aliphatic carbocycles. The molecule has 0 saturated carbocycles. The number of hydrogen-bond acceptors (Lipinski definition) is 2. The number of nitrogens with one attached hydrogen (secondary N) is 2. The molecule has 2 amide bonds. The number of halogens is 3. The Morgan fingerprint density at radius 3 is 2.00 bits per heavy atom. The first-order valence-electron chi connectivity index (χ1n) is 11.2. The number of fused-ring (bicyclic) bond motifs is 1. The van der Waals surface area contributed by atoms with Gasteiger partial charge in [-0.15, -0.1) is 0 Å². The summed E-state index contributed by atoms with van der Waals surface area (Å²) in [5.74, 6) is 0.859. The van der Waals surface area contributed by atoms with Crippen molar-refractivity contribution < 1.29 is 22.7 Å². The van der Waals surface area contributed by atoms with Crippen molar-refractivity contribution in [2.75, 3.05) is 10.6 Å². The number of ether oxygens (including phenoxy) is 1. The van der Waals surface area contributed by atoms with Gasteiger partial charge in [0.25, 0.3) is 0 Å². The smallest absolute Gasteiger partial charge is 0.416 e. The highest BCUT2D eigenvalue weighted by Crippen LogP contribution is 2.51. The molecular weight excluding hydrogens is 417 g/mol. The lowest BCUT2D eigenvalue weighted by atomic mass is 9.65. The second-order valence-electron chi connectivity index (χ2n) is 8.52. The van der Waals surface area contributed by atoms with E-state index < -0.39 is 17.8 Å². The van der Waals surface area contributed by atoms with Crippen molar-refractivity contribution in [3.05, 3.63) is 53.6 Å². The van der Waals surface area contributed by atoms with Crippen LogP contribution in [0.1, 0.15) is 70.9 Å². The zero-order valence-electron chi connectivity index (χ0n) is 19.0. The molecule has 2 aromatic carbocycles. The summed E-state index contributed by atoms with van der Waals surface area (Å²) < 4.78 is 44.6. The van der Waals surface area contributed by atoms with E-state index in [-0.39, 0.29) is 16.7 Å². The summed E-state index contributed by atoms with van der Waals surface area (Å²) in [4.78, 5) is 12.5. The molecule has 32 heavy (non-hydrogen) atoms. The third kappa shape index (κ3) is 4.71. The Balaban J connectivity index is 1.80. The van der Waals surface area contributed by atoms with Gasteiger partial charge in [0.2, 0.25) is 0 Å². The topological polar surface area (TPSA) is 50.4 Å². The number of carbonyl (C=O) groups is 1. The molecule has 0 atom stereocenters. The molecule has 0 fully saturated rings. The van der Waals surface area contributed by atoms with Crippen LogP contribution in [-0.4, -0.2) is 11.6 Å². The Labute approximate surface area is 187 Å². The molecule has 0 spiro atoms. The first kappa shape index (κ1) is 24.0. The number of rotatable bonds is 6. The molecule has 0 bridgehead atoms. The van der Waals surface area contributed by atoms with Gasteiger partial charge in [0, 0.05) is 22.4 Å². The van der Waals surface area contributed by atoms with Crippen LogP contribution in [-0.2, 0) is 11.6 Å². The fourth-order valence-corrected chi connectivity index (χ4v) is 4.65. The van der Waals surface area contributed by atoms with Gasteiger partial charge in [-0.05, 0) is 74.6 Å². The molecule has 2 N–H and O–H groups in total. The highest BCUT2D eigenvalue weighted by atomic mass is 19.4. The van der Waals surface area contributed by atoms with E-state index in [1.54, 1.807) is 6.07 Å². The SMILES string of the molecule is CCC1(CC)CC(CC)(CC)c2cc(NC(=O)Nc3ccc(C(F)(F)F)cc3)ccc2O1. The summed E-state index contributed by atoms with van der Waals surface area (Å²) in [6.45, 7) is 8.69. The van der Waals surface area contributed by atoms with Crippen LogP contribution in [0.3, 0.4) is 0 Å². The van der Waals surface area contributed by atoms with Gasteiger partial charge in [0.1, 0.15) is 11.4 Å². The highest BCUT2D eigenvalue weighted by Gasteiger charge is 2.46. The van der Waals surface area contributed by atoms with E-state index in [0.29, 0.717) is 5.69 Å². The minimum atomic E-state index is -4.41. The first-order valence-corrected chi connectivity index (χ1v) is 11.2. The van der Waals surface area contributed by atoms with Gasteiger partial charge < -0.3 is 15.4 Å². The monoisotopic (exact) mass is 448 g/mol. The van der Waals surface area contributed by atoms with Crippen LogP contribution in [0.15, 0.2) is 42.5 Å². The first-order chi connectivity index (χ1) is 15.1. The van der Waals surface area contributed by atoms with Crippen molar-refractivity contribution >= 4 is 17.4 Å². The van der Waals surface area contributed by atoms with E-state index in [0.717, 1.165) is 55.5 Å². The average Bonchev–Trinajstić information content (AvgIpc) is 2.78. The lowest BCUT2D eigenvalue weighted by Crippen LogP contribution is -2.47. The van der Waals surface area contributed by atoms with Crippen LogP contribution in [0.2, 0.25) is 0 Å². The lowest BCUT2D eigenvalue weighted by molar-refractivity contribution is -0.137. The van der Waals surface area contributed by atoms with Gasteiger partial charge >= 0.3 is 12.2 Å². The largest absolute Gasteiger partial charge is 0.487 e. The van der Waals surface area contributed by atoms with Crippen molar-refractivity contribution in [1.82, 2.24) is 0 Å². The van der Waals surface area contributed by atoms with E-state index in [9.17, 15) is 18.0 Å². The van der Waals surface area contributed by atoms with E-state index in [4.69, 9.17) is 4.74 Å². The van der Waals surface area contributed by atoms with Crippen molar-refractivity contribution in [3.63, 3.8) is 0 Å². The zero-order valence-corrected chi connectivity index (χ0v) is 19.0. The predicted octanol–water partition coefficient (Wildman–Crippen LogP) is 7.75. The van der Waals surface area contributed by atoms with Crippen molar-refractivity contribution in [1.29, 1.82) is 0 Å². The quantitative estimate of drug-likeness (QED) is 0.475. The van der Waals surface area contributed by atoms with Gasteiger partial charge in [-0.3, -0.25) is 0 Å². The van der Waals surface area contributed by atoms with E-state index in [1.807, 2.05) is 12.1 Å². The molecule has 1 aliphatic rings. The summed E-state index contributed by atoms with van der Waals surface area (Å²) in [5.41, 5.74) is 0.999. The Bertz CT molecular complexity index is 947. The number of amides is 2. The summed E-state index contributed by atoms with van der Waals surface area (Å²) in [6, 6.07) is 9.49. The molecule has 174 valence electrons. The maximum atomic E-state index is 12.7. The molecule has 2 aromatic rings. The standard InChI is InChI=1S/C25H31F3N2O2/c1-5-23(6-2)16-24(7-3,8-4)32-21-14-13-19(15-20(21)23)30-22(31)29-18-11-9-17(10-12-18)25(26,27)28/h9-15H,5-8,16H2,1-4H3,(H2,29,30,31). The van der Waals surface area contributed by atoms with E-state index in [1.165, 1.54) is 12.1 Å². The molecule has 0 radical (unpaired) electrons.